The maximum Gasteiger partial charge on any atom is 0.0595 e. The monoisotopic (exact) mass is 256 g/mol. The van der Waals surface area contributed by atoms with Crippen molar-refractivity contribution in [3.8, 4) is 0 Å². The van der Waals surface area contributed by atoms with Gasteiger partial charge in [-0.15, -0.1) is 0 Å². The molecule has 18 heavy (non-hydrogen) atoms. The van der Waals surface area contributed by atoms with Crippen LogP contribution >= 0.6 is 0 Å². The third-order valence-electron chi connectivity index (χ3n) is 3.97. The SMILES string of the molecule is COC1CCN(CCNC(C)CCC(C)C)CC1. The molecule has 1 heterocycles. The van der Waals surface area contributed by atoms with E-state index in [0.717, 1.165) is 12.5 Å². The van der Waals surface area contributed by atoms with E-state index in [1.165, 1.54) is 45.3 Å². The first kappa shape index (κ1) is 15.9. The Kier molecular flexibility index (Phi) is 7.87. The second kappa shape index (κ2) is 8.89. The molecular weight excluding hydrogens is 224 g/mol. The van der Waals surface area contributed by atoms with Gasteiger partial charge in [-0.05, 0) is 38.5 Å². The summed E-state index contributed by atoms with van der Waals surface area (Å²) in [7, 11) is 1.83. The van der Waals surface area contributed by atoms with Gasteiger partial charge in [-0.3, -0.25) is 0 Å². The molecule has 1 aliphatic rings. The van der Waals surface area contributed by atoms with Crippen molar-refractivity contribution in [2.75, 3.05) is 33.3 Å². The molecule has 0 saturated carbocycles. The number of hydrogen-bond donors (Lipinski definition) is 1. The van der Waals surface area contributed by atoms with Gasteiger partial charge in [0.1, 0.15) is 0 Å². The summed E-state index contributed by atoms with van der Waals surface area (Å²) in [6.07, 6.45) is 5.51. The quantitative estimate of drug-likeness (QED) is 0.722. The highest BCUT2D eigenvalue weighted by Crippen LogP contribution is 2.12. The molecular formula is C15H32N2O. The first-order valence-corrected chi connectivity index (χ1v) is 7.60. The van der Waals surface area contributed by atoms with Crippen molar-refractivity contribution in [2.45, 2.75) is 58.6 Å². The van der Waals surface area contributed by atoms with Crippen LogP contribution in [-0.4, -0.2) is 50.3 Å². The van der Waals surface area contributed by atoms with Gasteiger partial charge in [-0.2, -0.15) is 0 Å². The van der Waals surface area contributed by atoms with Crippen molar-refractivity contribution in [1.82, 2.24) is 10.2 Å². The Morgan fingerprint density at radius 3 is 2.39 bits per heavy atom. The van der Waals surface area contributed by atoms with Gasteiger partial charge in [0.25, 0.3) is 0 Å². The lowest BCUT2D eigenvalue weighted by Gasteiger charge is -2.31. The summed E-state index contributed by atoms with van der Waals surface area (Å²) < 4.78 is 5.39. The van der Waals surface area contributed by atoms with E-state index in [-0.39, 0.29) is 0 Å². The molecule has 0 aliphatic carbocycles. The van der Waals surface area contributed by atoms with Crippen LogP contribution in [0.1, 0.15) is 46.5 Å². The number of nitrogens with one attached hydrogen (secondary N) is 1. The van der Waals surface area contributed by atoms with Crippen molar-refractivity contribution >= 4 is 0 Å². The Morgan fingerprint density at radius 1 is 1.17 bits per heavy atom. The Morgan fingerprint density at radius 2 is 1.83 bits per heavy atom. The van der Waals surface area contributed by atoms with Crippen molar-refractivity contribution in [1.29, 1.82) is 0 Å². The lowest BCUT2D eigenvalue weighted by molar-refractivity contribution is 0.0413. The van der Waals surface area contributed by atoms with E-state index in [1.54, 1.807) is 0 Å². The van der Waals surface area contributed by atoms with E-state index >= 15 is 0 Å². The van der Waals surface area contributed by atoms with Crippen LogP contribution in [-0.2, 0) is 4.74 Å². The second-order valence-corrected chi connectivity index (χ2v) is 6.10. The molecule has 1 aliphatic heterocycles. The van der Waals surface area contributed by atoms with E-state index in [2.05, 4.69) is 31.0 Å². The number of piperidine rings is 1. The lowest BCUT2D eigenvalue weighted by atomic mass is 10.0. The predicted octanol–water partition coefficient (Wildman–Crippen LogP) is 2.51. The van der Waals surface area contributed by atoms with Gasteiger partial charge in [-0.25, -0.2) is 0 Å². The first-order valence-electron chi connectivity index (χ1n) is 7.60. The molecule has 0 aromatic carbocycles. The highest BCUT2D eigenvalue weighted by molar-refractivity contribution is 4.73. The van der Waals surface area contributed by atoms with Crippen molar-refractivity contribution in [2.24, 2.45) is 5.92 Å². The fraction of sp³-hybridized carbons (Fsp3) is 1.00. The van der Waals surface area contributed by atoms with E-state index in [9.17, 15) is 0 Å². The summed E-state index contributed by atoms with van der Waals surface area (Å²) in [6.45, 7) is 11.6. The Hall–Kier alpha value is -0.120. The topological polar surface area (TPSA) is 24.5 Å². The molecule has 1 N–H and O–H groups in total. The highest BCUT2D eigenvalue weighted by Gasteiger charge is 2.17. The highest BCUT2D eigenvalue weighted by atomic mass is 16.5. The zero-order valence-corrected chi connectivity index (χ0v) is 12.7. The van der Waals surface area contributed by atoms with Gasteiger partial charge in [-0.1, -0.05) is 13.8 Å². The van der Waals surface area contributed by atoms with Crippen molar-refractivity contribution in [3.05, 3.63) is 0 Å². The normalized spacial score (nSPS) is 20.5. The fourth-order valence-corrected chi connectivity index (χ4v) is 2.52. The molecule has 0 bridgehead atoms. The fourth-order valence-electron chi connectivity index (χ4n) is 2.52. The number of ether oxygens (including phenoxy) is 1. The molecule has 0 radical (unpaired) electrons. The molecule has 1 fully saturated rings. The number of methoxy groups -OCH3 is 1. The number of hydrogen-bond acceptors (Lipinski definition) is 3. The molecule has 3 heteroatoms. The Bertz CT molecular complexity index is 201. The smallest absolute Gasteiger partial charge is 0.0595 e. The maximum atomic E-state index is 5.39. The minimum Gasteiger partial charge on any atom is -0.381 e. The number of nitrogens with zero attached hydrogens (tertiary/aromatic N) is 1. The van der Waals surface area contributed by atoms with Crippen LogP contribution < -0.4 is 5.32 Å². The van der Waals surface area contributed by atoms with Crippen LogP contribution in [0.4, 0.5) is 0 Å². The van der Waals surface area contributed by atoms with E-state index in [4.69, 9.17) is 4.74 Å². The first-order chi connectivity index (χ1) is 8.61. The minimum atomic E-state index is 0.499. The van der Waals surface area contributed by atoms with Gasteiger partial charge in [0.05, 0.1) is 6.10 Å². The van der Waals surface area contributed by atoms with Crippen LogP contribution in [0.5, 0.6) is 0 Å². The van der Waals surface area contributed by atoms with Crippen molar-refractivity contribution in [3.63, 3.8) is 0 Å². The largest absolute Gasteiger partial charge is 0.381 e. The van der Waals surface area contributed by atoms with Gasteiger partial charge in [0.2, 0.25) is 0 Å². The zero-order valence-electron chi connectivity index (χ0n) is 12.7. The molecule has 3 nitrogen and oxygen atoms in total. The average Bonchev–Trinajstić information content (AvgIpc) is 2.37. The second-order valence-electron chi connectivity index (χ2n) is 6.10. The summed E-state index contributed by atoms with van der Waals surface area (Å²) >= 11 is 0. The number of rotatable bonds is 8. The van der Waals surface area contributed by atoms with Gasteiger partial charge in [0, 0.05) is 39.3 Å². The molecule has 1 unspecified atom stereocenters. The van der Waals surface area contributed by atoms with E-state index in [0.29, 0.717) is 12.1 Å². The van der Waals surface area contributed by atoms with Gasteiger partial charge < -0.3 is 15.0 Å². The van der Waals surface area contributed by atoms with Crippen LogP contribution in [0.25, 0.3) is 0 Å². The maximum absolute atomic E-state index is 5.39. The van der Waals surface area contributed by atoms with Gasteiger partial charge >= 0.3 is 0 Å². The molecule has 0 spiro atoms. The molecule has 108 valence electrons. The Labute approximate surface area is 113 Å². The average molecular weight is 256 g/mol. The van der Waals surface area contributed by atoms with Crippen LogP contribution in [0, 0.1) is 5.92 Å². The molecule has 1 atom stereocenters. The number of likely N-dealkylation sites (tertiary alicyclic amines) is 1. The summed E-state index contributed by atoms with van der Waals surface area (Å²) in [4.78, 5) is 2.55. The molecule has 0 aromatic rings. The van der Waals surface area contributed by atoms with E-state index < -0.39 is 0 Å². The van der Waals surface area contributed by atoms with E-state index in [1.807, 2.05) is 7.11 Å². The summed E-state index contributed by atoms with van der Waals surface area (Å²) in [5, 5.41) is 3.64. The molecule has 1 rings (SSSR count). The summed E-state index contributed by atoms with van der Waals surface area (Å²) in [6, 6.07) is 0.656. The third kappa shape index (κ3) is 6.72. The Balaban J connectivity index is 2.01. The van der Waals surface area contributed by atoms with Gasteiger partial charge in [0.15, 0.2) is 0 Å². The zero-order chi connectivity index (χ0) is 13.4. The van der Waals surface area contributed by atoms with Crippen LogP contribution in [0.15, 0.2) is 0 Å². The van der Waals surface area contributed by atoms with Crippen LogP contribution in [0.2, 0.25) is 0 Å². The molecule has 0 aromatic heterocycles. The van der Waals surface area contributed by atoms with Crippen molar-refractivity contribution < 1.29 is 4.74 Å². The molecule has 1 saturated heterocycles. The summed E-state index contributed by atoms with van der Waals surface area (Å²) in [5.41, 5.74) is 0. The third-order valence-corrected chi connectivity index (χ3v) is 3.97. The standard InChI is InChI=1S/C15H32N2O/c1-13(2)5-6-14(3)16-9-12-17-10-7-15(18-4)8-11-17/h13-16H,5-12H2,1-4H3. The lowest BCUT2D eigenvalue weighted by Crippen LogP contribution is -2.41. The summed E-state index contributed by atoms with van der Waals surface area (Å²) in [5.74, 6) is 0.822. The minimum absolute atomic E-state index is 0.499. The van der Waals surface area contributed by atoms with Crippen LogP contribution in [0.3, 0.4) is 0 Å². The molecule has 0 amide bonds. The predicted molar refractivity (Wildman–Crippen MR) is 78.0 cm³/mol.